The molecule has 1 saturated heterocycles. The van der Waals surface area contributed by atoms with Crippen LogP contribution in [0.3, 0.4) is 0 Å². The fourth-order valence-electron chi connectivity index (χ4n) is 4.07. The number of piperidine rings is 1. The molecule has 1 fully saturated rings. The first kappa shape index (κ1) is 19.1. The molecule has 1 aromatic carbocycles. The van der Waals surface area contributed by atoms with Crippen LogP contribution < -0.4 is 5.32 Å². The SMILES string of the molecule is O=C(NCc1ccccc1F)C1CCc2sc(C(=O)N3CCCCC3)cc2C1. The van der Waals surface area contributed by atoms with E-state index in [1.165, 1.54) is 17.4 Å². The molecule has 4 nitrogen and oxygen atoms in total. The second-order valence-corrected chi connectivity index (χ2v) is 8.80. The molecule has 1 unspecified atom stereocenters. The number of benzene rings is 1. The number of rotatable bonds is 4. The van der Waals surface area contributed by atoms with Gasteiger partial charge < -0.3 is 10.2 Å². The molecule has 28 heavy (non-hydrogen) atoms. The molecule has 2 aliphatic rings. The fourth-order valence-corrected chi connectivity index (χ4v) is 5.25. The Balaban J connectivity index is 1.37. The zero-order chi connectivity index (χ0) is 19.5. The van der Waals surface area contributed by atoms with E-state index < -0.39 is 0 Å². The first-order valence-electron chi connectivity index (χ1n) is 10.0. The van der Waals surface area contributed by atoms with E-state index in [-0.39, 0.29) is 30.1 Å². The monoisotopic (exact) mass is 400 g/mol. The minimum absolute atomic E-state index is 0.0380. The third kappa shape index (κ3) is 4.12. The molecule has 1 aromatic heterocycles. The van der Waals surface area contributed by atoms with Crippen molar-refractivity contribution in [3.63, 3.8) is 0 Å². The number of hydrogen-bond donors (Lipinski definition) is 1. The predicted molar refractivity (Wildman–Crippen MR) is 108 cm³/mol. The molecule has 1 aliphatic carbocycles. The van der Waals surface area contributed by atoms with Crippen molar-refractivity contribution in [1.29, 1.82) is 0 Å². The second kappa shape index (κ2) is 8.43. The van der Waals surface area contributed by atoms with Gasteiger partial charge in [-0.05, 0) is 56.2 Å². The summed E-state index contributed by atoms with van der Waals surface area (Å²) in [6.07, 6.45) is 5.62. The van der Waals surface area contributed by atoms with Gasteiger partial charge in [-0.1, -0.05) is 18.2 Å². The Bertz CT molecular complexity index is 873. The summed E-state index contributed by atoms with van der Waals surface area (Å²) in [6.45, 7) is 1.90. The van der Waals surface area contributed by atoms with E-state index in [1.807, 2.05) is 11.0 Å². The van der Waals surface area contributed by atoms with Crippen molar-refractivity contribution in [1.82, 2.24) is 10.2 Å². The molecule has 148 valence electrons. The van der Waals surface area contributed by atoms with Gasteiger partial charge in [-0.25, -0.2) is 4.39 Å². The lowest BCUT2D eigenvalue weighted by molar-refractivity contribution is -0.125. The number of amides is 2. The molecular weight excluding hydrogens is 375 g/mol. The highest BCUT2D eigenvalue weighted by Crippen LogP contribution is 2.33. The molecule has 1 N–H and O–H groups in total. The smallest absolute Gasteiger partial charge is 0.263 e. The number of likely N-dealkylation sites (tertiary alicyclic amines) is 1. The number of nitrogens with one attached hydrogen (secondary N) is 1. The topological polar surface area (TPSA) is 49.4 Å². The molecule has 0 spiro atoms. The highest BCUT2D eigenvalue weighted by Gasteiger charge is 2.28. The predicted octanol–water partition coefficient (Wildman–Crippen LogP) is 3.93. The summed E-state index contributed by atoms with van der Waals surface area (Å²) in [4.78, 5) is 29.3. The summed E-state index contributed by atoms with van der Waals surface area (Å²) < 4.78 is 13.7. The average Bonchev–Trinajstić information content (AvgIpc) is 3.16. The van der Waals surface area contributed by atoms with Crippen molar-refractivity contribution in [2.75, 3.05) is 13.1 Å². The molecule has 1 aliphatic heterocycles. The zero-order valence-electron chi connectivity index (χ0n) is 15.9. The first-order chi connectivity index (χ1) is 13.6. The lowest BCUT2D eigenvalue weighted by atomic mass is 9.87. The lowest BCUT2D eigenvalue weighted by Crippen LogP contribution is -2.35. The van der Waals surface area contributed by atoms with Gasteiger partial charge in [0.1, 0.15) is 5.82 Å². The number of nitrogens with zero attached hydrogens (tertiary/aromatic N) is 1. The van der Waals surface area contributed by atoms with Gasteiger partial charge in [0, 0.05) is 36.0 Å². The van der Waals surface area contributed by atoms with Crippen molar-refractivity contribution >= 4 is 23.2 Å². The standard InChI is InChI=1S/C22H25FN2O2S/c23-18-7-3-2-6-16(18)14-24-21(26)15-8-9-19-17(12-15)13-20(28-19)22(27)25-10-4-1-5-11-25/h2-3,6-7,13,15H,1,4-5,8-12,14H2,(H,24,26). The normalized spacial score (nSPS) is 19.2. The number of hydrogen-bond acceptors (Lipinski definition) is 3. The van der Waals surface area contributed by atoms with Crippen molar-refractivity contribution in [3.8, 4) is 0 Å². The van der Waals surface area contributed by atoms with Gasteiger partial charge in [-0.15, -0.1) is 11.3 Å². The van der Waals surface area contributed by atoms with E-state index in [2.05, 4.69) is 5.32 Å². The number of thiophene rings is 1. The van der Waals surface area contributed by atoms with Crippen LogP contribution in [0.15, 0.2) is 30.3 Å². The maximum atomic E-state index is 13.7. The zero-order valence-corrected chi connectivity index (χ0v) is 16.7. The Hall–Kier alpha value is -2.21. The minimum Gasteiger partial charge on any atom is -0.352 e. The number of aryl methyl sites for hydroxylation is 1. The van der Waals surface area contributed by atoms with Crippen molar-refractivity contribution in [2.24, 2.45) is 5.92 Å². The number of carbonyl (C=O) groups excluding carboxylic acids is 2. The maximum Gasteiger partial charge on any atom is 0.263 e. The number of carbonyl (C=O) groups is 2. The Morgan fingerprint density at radius 1 is 1.18 bits per heavy atom. The van der Waals surface area contributed by atoms with E-state index in [1.54, 1.807) is 29.5 Å². The minimum atomic E-state index is -0.299. The van der Waals surface area contributed by atoms with Crippen LogP contribution in [0.25, 0.3) is 0 Å². The summed E-state index contributed by atoms with van der Waals surface area (Å²) in [5, 5.41) is 2.87. The lowest BCUT2D eigenvalue weighted by Gasteiger charge is -2.26. The molecular formula is C22H25FN2O2S. The van der Waals surface area contributed by atoms with Gasteiger partial charge in [0.15, 0.2) is 0 Å². The van der Waals surface area contributed by atoms with Crippen LogP contribution in [0.4, 0.5) is 4.39 Å². The van der Waals surface area contributed by atoms with Gasteiger partial charge >= 0.3 is 0 Å². The van der Waals surface area contributed by atoms with Crippen LogP contribution in [0.2, 0.25) is 0 Å². The molecule has 1 atom stereocenters. The van der Waals surface area contributed by atoms with Crippen LogP contribution in [0.5, 0.6) is 0 Å². The summed E-state index contributed by atoms with van der Waals surface area (Å²) in [7, 11) is 0. The third-order valence-electron chi connectivity index (χ3n) is 5.72. The van der Waals surface area contributed by atoms with Gasteiger partial charge in [0.25, 0.3) is 5.91 Å². The number of fused-ring (bicyclic) bond motifs is 1. The molecule has 2 amide bonds. The molecule has 6 heteroatoms. The van der Waals surface area contributed by atoms with Gasteiger partial charge in [-0.2, -0.15) is 0 Å². The Labute approximate surface area is 168 Å². The van der Waals surface area contributed by atoms with Crippen molar-refractivity contribution < 1.29 is 14.0 Å². The second-order valence-electron chi connectivity index (χ2n) is 7.66. The largest absolute Gasteiger partial charge is 0.352 e. The van der Waals surface area contributed by atoms with E-state index in [4.69, 9.17) is 0 Å². The Kier molecular flexibility index (Phi) is 5.76. The third-order valence-corrected chi connectivity index (χ3v) is 6.94. The van der Waals surface area contributed by atoms with E-state index in [9.17, 15) is 14.0 Å². The van der Waals surface area contributed by atoms with E-state index in [0.717, 1.165) is 49.2 Å². The quantitative estimate of drug-likeness (QED) is 0.845. The summed E-state index contributed by atoms with van der Waals surface area (Å²) in [5.74, 6) is -0.317. The van der Waals surface area contributed by atoms with Crippen molar-refractivity contribution in [2.45, 2.75) is 45.1 Å². The van der Waals surface area contributed by atoms with Gasteiger partial charge in [-0.3, -0.25) is 9.59 Å². The first-order valence-corrected chi connectivity index (χ1v) is 10.9. The summed E-state index contributed by atoms with van der Waals surface area (Å²) in [6, 6.07) is 8.49. The molecule has 0 saturated carbocycles. The Morgan fingerprint density at radius 2 is 1.96 bits per heavy atom. The molecule has 0 bridgehead atoms. The fraction of sp³-hybridized carbons (Fsp3) is 0.455. The van der Waals surface area contributed by atoms with Crippen molar-refractivity contribution in [3.05, 3.63) is 57.0 Å². The van der Waals surface area contributed by atoms with Crippen LogP contribution in [0, 0.1) is 11.7 Å². The molecule has 2 heterocycles. The van der Waals surface area contributed by atoms with Crippen LogP contribution in [-0.2, 0) is 24.2 Å². The van der Waals surface area contributed by atoms with Gasteiger partial charge in [0.2, 0.25) is 5.91 Å². The van der Waals surface area contributed by atoms with Gasteiger partial charge in [0.05, 0.1) is 4.88 Å². The summed E-state index contributed by atoms with van der Waals surface area (Å²) >= 11 is 1.59. The highest BCUT2D eigenvalue weighted by molar-refractivity contribution is 7.14. The maximum absolute atomic E-state index is 13.7. The van der Waals surface area contributed by atoms with E-state index >= 15 is 0 Å². The Morgan fingerprint density at radius 3 is 2.75 bits per heavy atom. The molecule has 4 rings (SSSR count). The van der Waals surface area contributed by atoms with E-state index in [0.29, 0.717) is 12.0 Å². The molecule has 0 radical (unpaired) electrons. The molecule has 2 aromatic rings. The van der Waals surface area contributed by atoms with Crippen LogP contribution in [0.1, 0.15) is 51.4 Å². The van der Waals surface area contributed by atoms with Crippen LogP contribution >= 0.6 is 11.3 Å². The highest BCUT2D eigenvalue weighted by atomic mass is 32.1. The average molecular weight is 401 g/mol. The van der Waals surface area contributed by atoms with Crippen LogP contribution in [-0.4, -0.2) is 29.8 Å². The number of halogens is 1. The summed E-state index contributed by atoms with van der Waals surface area (Å²) in [5.41, 5.74) is 1.62.